The zero-order valence-electron chi connectivity index (χ0n) is 15.5. The third-order valence-electron chi connectivity index (χ3n) is 5.79. The minimum Gasteiger partial charge on any atom is -0.396 e. The lowest BCUT2D eigenvalue weighted by atomic mass is 9.75. The van der Waals surface area contributed by atoms with E-state index in [-0.39, 0.29) is 17.9 Å². The Bertz CT molecular complexity index is 918. The van der Waals surface area contributed by atoms with Crippen molar-refractivity contribution in [3.05, 3.63) is 71.9 Å². The molecule has 0 bridgehead atoms. The molecule has 1 saturated heterocycles. The number of hydrogen-bond acceptors (Lipinski definition) is 2. The van der Waals surface area contributed by atoms with Gasteiger partial charge in [-0.25, -0.2) is 0 Å². The second-order valence-electron chi connectivity index (χ2n) is 7.78. The maximum atomic E-state index is 13.0. The van der Waals surface area contributed by atoms with Gasteiger partial charge in [0, 0.05) is 35.6 Å². The summed E-state index contributed by atoms with van der Waals surface area (Å²) in [6, 6.07) is 18.3. The first kappa shape index (κ1) is 17.8. The lowest BCUT2D eigenvalue weighted by Crippen LogP contribution is -2.49. The maximum absolute atomic E-state index is 13.0. The molecule has 0 saturated carbocycles. The number of amides is 1. The number of nitrogens with zero attached hydrogens (tertiary/aromatic N) is 1. The van der Waals surface area contributed by atoms with Crippen LogP contribution in [-0.4, -0.2) is 40.6 Å². The fourth-order valence-electron chi connectivity index (χ4n) is 4.33. The first-order valence-corrected chi connectivity index (χ1v) is 9.67. The van der Waals surface area contributed by atoms with Crippen LogP contribution in [-0.2, 0) is 17.6 Å². The topological polar surface area (TPSA) is 56.3 Å². The van der Waals surface area contributed by atoms with E-state index in [1.165, 1.54) is 5.56 Å². The van der Waals surface area contributed by atoms with Crippen LogP contribution in [0.5, 0.6) is 0 Å². The molecule has 2 N–H and O–H groups in total. The molecule has 1 fully saturated rings. The van der Waals surface area contributed by atoms with Crippen molar-refractivity contribution < 1.29 is 9.90 Å². The van der Waals surface area contributed by atoms with E-state index >= 15 is 0 Å². The van der Waals surface area contributed by atoms with Gasteiger partial charge in [-0.3, -0.25) is 4.79 Å². The molecule has 4 heteroatoms. The van der Waals surface area contributed by atoms with Gasteiger partial charge < -0.3 is 15.0 Å². The van der Waals surface area contributed by atoms with Crippen LogP contribution in [0.3, 0.4) is 0 Å². The summed E-state index contributed by atoms with van der Waals surface area (Å²) in [7, 11) is 0. The number of aromatic nitrogens is 1. The minimum absolute atomic E-state index is 0.110. The number of aliphatic hydroxyl groups excluding tert-OH is 1. The third-order valence-corrected chi connectivity index (χ3v) is 5.79. The van der Waals surface area contributed by atoms with E-state index in [4.69, 9.17) is 0 Å². The largest absolute Gasteiger partial charge is 0.396 e. The van der Waals surface area contributed by atoms with Crippen LogP contribution in [0, 0.1) is 5.41 Å². The predicted octanol–water partition coefficient (Wildman–Crippen LogP) is 3.55. The summed E-state index contributed by atoms with van der Waals surface area (Å²) in [5.41, 5.74) is 3.08. The second-order valence-corrected chi connectivity index (χ2v) is 7.78. The molecule has 2 heterocycles. The van der Waals surface area contributed by atoms with Gasteiger partial charge in [0.1, 0.15) is 0 Å². The van der Waals surface area contributed by atoms with Crippen molar-refractivity contribution in [3.63, 3.8) is 0 Å². The second kappa shape index (κ2) is 7.57. The lowest BCUT2D eigenvalue weighted by molar-refractivity contribution is -0.134. The van der Waals surface area contributed by atoms with Gasteiger partial charge >= 0.3 is 0 Å². The number of H-pyrrole nitrogens is 1. The molecule has 4 nitrogen and oxygen atoms in total. The molecule has 1 aliphatic heterocycles. The SMILES string of the molecule is O=C(Cc1c[nH]c2ccccc12)N1CCCC(CO)(Cc2ccccc2)C1. The highest BCUT2D eigenvalue weighted by atomic mass is 16.3. The Morgan fingerprint density at radius 3 is 2.70 bits per heavy atom. The van der Waals surface area contributed by atoms with Crippen molar-refractivity contribution in [1.82, 2.24) is 9.88 Å². The first-order valence-electron chi connectivity index (χ1n) is 9.67. The van der Waals surface area contributed by atoms with E-state index in [0.29, 0.717) is 13.0 Å². The van der Waals surface area contributed by atoms with Crippen LogP contribution in [0.25, 0.3) is 10.9 Å². The summed E-state index contributed by atoms with van der Waals surface area (Å²) in [6.45, 7) is 1.51. The molecule has 1 amide bonds. The number of para-hydroxylation sites is 1. The number of piperidine rings is 1. The monoisotopic (exact) mass is 362 g/mol. The summed E-state index contributed by atoms with van der Waals surface area (Å²) in [5.74, 6) is 0.144. The van der Waals surface area contributed by atoms with Crippen LogP contribution < -0.4 is 0 Å². The van der Waals surface area contributed by atoms with Gasteiger partial charge in [0.2, 0.25) is 5.91 Å². The van der Waals surface area contributed by atoms with Crippen molar-refractivity contribution in [2.75, 3.05) is 19.7 Å². The van der Waals surface area contributed by atoms with E-state index in [1.807, 2.05) is 47.5 Å². The van der Waals surface area contributed by atoms with Gasteiger partial charge in [-0.2, -0.15) is 0 Å². The molecule has 2 aromatic carbocycles. The van der Waals surface area contributed by atoms with E-state index in [1.54, 1.807) is 0 Å². The zero-order chi connectivity index (χ0) is 18.7. The number of rotatable bonds is 5. The smallest absolute Gasteiger partial charge is 0.227 e. The van der Waals surface area contributed by atoms with Gasteiger partial charge in [-0.15, -0.1) is 0 Å². The van der Waals surface area contributed by atoms with E-state index in [0.717, 1.165) is 42.3 Å². The molecule has 0 spiro atoms. The standard InChI is InChI=1S/C23H26N2O2/c26-17-23(14-18-7-2-1-3-8-18)11-6-12-25(16-23)22(27)13-19-15-24-21-10-5-4-9-20(19)21/h1-5,7-10,15,24,26H,6,11-14,16-17H2. The van der Waals surface area contributed by atoms with Gasteiger partial charge in [-0.05, 0) is 36.5 Å². The summed E-state index contributed by atoms with van der Waals surface area (Å²) in [4.78, 5) is 18.2. The average molecular weight is 362 g/mol. The number of likely N-dealkylation sites (tertiary alicyclic amines) is 1. The van der Waals surface area contributed by atoms with Gasteiger partial charge in [0.25, 0.3) is 0 Å². The average Bonchev–Trinajstić information content (AvgIpc) is 3.12. The maximum Gasteiger partial charge on any atom is 0.227 e. The van der Waals surface area contributed by atoms with Crippen molar-refractivity contribution in [3.8, 4) is 0 Å². The molecule has 4 rings (SSSR count). The Kier molecular flexibility index (Phi) is 4.99. The number of carbonyl (C=O) groups excluding carboxylic acids is 1. The van der Waals surface area contributed by atoms with Crippen molar-refractivity contribution >= 4 is 16.8 Å². The fourth-order valence-corrected chi connectivity index (χ4v) is 4.33. The number of carbonyl (C=O) groups is 1. The van der Waals surface area contributed by atoms with Crippen LogP contribution >= 0.6 is 0 Å². The summed E-state index contributed by atoms with van der Waals surface area (Å²) in [5, 5.41) is 11.3. The Balaban J connectivity index is 1.49. The molecule has 140 valence electrons. The number of nitrogens with one attached hydrogen (secondary N) is 1. The Labute approximate surface area is 159 Å². The van der Waals surface area contributed by atoms with Crippen LogP contribution in [0.2, 0.25) is 0 Å². The molecular weight excluding hydrogens is 336 g/mol. The van der Waals surface area contributed by atoms with E-state index in [9.17, 15) is 9.90 Å². The lowest BCUT2D eigenvalue weighted by Gasteiger charge is -2.42. The molecule has 0 radical (unpaired) electrons. The summed E-state index contributed by atoms with van der Waals surface area (Å²) >= 11 is 0. The molecule has 1 unspecified atom stereocenters. The molecule has 3 aromatic rings. The Morgan fingerprint density at radius 1 is 1.11 bits per heavy atom. The highest BCUT2D eigenvalue weighted by molar-refractivity contribution is 5.88. The van der Waals surface area contributed by atoms with Crippen LogP contribution in [0.15, 0.2) is 60.8 Å². The zero-order valence-corrected chi connectivity index (χ0v) is 15.5. The van der Waals surface area contributed by atoms with Crippen LogP contribution in [0.1, 0.15) is 24.0 Å². The van der Waals surface area contributed by atoms with Crippen molar-refractivity contribution in [1.29, 1.82) is 0 Å². The molecule has 27 heavy (non-hydrogen) atoms. The van der Waals surface area contributed by atoms with Crippen LogP contribution in [0.4, 0.5) is 0 Å². The van der Waals surface area contributed by atoms with E-state index in [2.05, 4.69) is 23.2 Å². The summed E-state index contributed by atoms with van der Waals surface area (Å²) in [6.07, 6.45) is 5.04. The Morgan fingerprint density at radius 2 is 1.89 bits per heavy atom. The normalized spacial score (nSPS) is 20.1. The van der Waals surface area contributed by atoms with Crippen molar-refractivity contribution in [2.45, 2.75) is 25.7 Å². The van der Waals surface area contributed by atoms with Crippen molar-refractivity contribution in [2.24, 2.45) is 5.41 Å². The number of fused-ring (bicyclic) bond motifs is 1. The van der Waals surface area contributed by atoms with Gasteiger partial charge in [0.05, 0.1) is 13.0 Å². The molecular formula is C23H26N2O2. The Hall–Kier alpha value is -2.59. The molecule has 1 aliphatic rings. The number of aromatic amines is 1. The molecule has 0 aliphatic carbocycles. The third kappa shape index (κ3) is 3.76. The summed E-state index contributed by atoms with van der Waals surface area (Å²) < 4.78 is 0. The minimum atomic E-state index is -0.241. The quantitative estimate of drug-likeness (QED) is 0.729. The molecule has 1 atom stereocenters. The number of hydrogen-bond donors (Lipinski definition) is 2. The highest BCUT2D eigenvalue weighted by Gasteiger charge is 2.36. The fraction of sp³-hybridized carbons (Fsp3) is 0.348. The highest BCUT2D eigenvalue weighted by Crippen LogP contribution is 2.34. The van der Waals surface area contributed by atoms with E-state index < -0.39 is 0 Å². The number of aliphatic hydroxyl groups is 1. The predicted molar refractivity (Wildman–Crippen MR) is 107 cm³/mol. The van der Waals surface area contributed by atoms with Gasteiger partial charge in [-0.1, -0.05) is 48.5 Å². The van der Waals surface area contributed by atoms with Gasteiger partial charge in [0.15, 0.2) is 0 Å². The molecule has 1 aromatic heterocycles. The first-order chi connectivity index (χ1) is 13.2. The number of benzene rings is 2.